The third-order valence-corrected chi connectivity index (χ3v) is 5.85. The number of aromatic nitrogens is 3. The molecule has 1 amide bonds. The second-order valence-electron chi connectivity index (χ2n) is 6.85. The van der Waals surface area contributed by atoms with Gasteiger partial charge in [-0.1, -0.05) is 53.1 Å². The van der Waals surface area contributed by atoms with E-state index in [0.717, 1.165) is 35.2 Å². The Labute approximate surface area is 182 Å². The van der Waals surface area contributed by atoms with Crippen LogP contribution in [0.15, 0.2) is 27.8 Å². The van der Waals surface area contributed by atoms with Gasteiger partial charge < -0.3 is 15.0 Å². The maximum absolute atomic E-state index is 12.4. The van der Waals surface area contributed by atoms with Crippen LogP contribution in [-0.4, -0.2) is 52.7 Å². The molecule has 7 nitrogen and oxygen atoms in total. The van der Waals surface area contributed by atoms with Gasteiger partial charge in [0.15, 0.2) is 5.16 Å². The first-order valence-electron chi connectivity index (χ1n) is 9.07. The van der Waals surface area contributed by atoms with E-state index in [0.29, 0.717) is 29.8 Å². The SMILES string of the molecule is CC(C)Cn1c(SCC(=O)Nc2ccc(Br)cc2Cl)nnc1N1CCOCC1. The van der Waals surface area contributed by atoms with Crippen molar-refractivity contribution in [1.82, 2.24) is 14.8 Å². The smallest absolute Gasteiger partial charge is 0.234 e. The number of halogens is 2. The number of hydrogen-bond donors (Lipinski definition) is 1. The minimum absolute atomic E-state index is 0.138. The van der Waals surface area contributed by atoms with Gasteiger partial charge in [0.1, 0.15) is 0 Å². The topological polar surface area (TPSA) is 72.3 Å². The fraction of sp³-hybridized carbons (Fsp3) is 0.500. The average molecular weight is 489 g/mol. The molecule has 0 atom stereocenters. The second kappa shape index (κ2) is 9.96. The Bertz CT molecular complexity index is 826. The number of thioether (sulfide) groups is 1. The predicted octanol–water partition coefficient (Wildman–Crippen LogP) is 3.92. The van der Waals surface area contributed by atoms with E-state index < -0.39 is 0 Å². The third-order valence-electron chi connectivity index (χ3n) is 4.08. The van der Waals surface area contributed by atoms with E-state index in [1.807, 2.05) is 6.07 Å². The van der Waals surface area contributed by atoms with Crippen molar-refractivity contribution < 1.29 is 9.53 Å². The second-order valence-corrected chi connectivity index (χ2v) is 9.11. The zero-order valence-electron chi connectivity index (χ0n) is 15.8. The standard InChI is InChI=1S/C18H23BrClN5O2S/c1-12(2)10-25-17(24-5-7-27-8-6-24)22-23-18(25)28-11-16(26)21-15-4-3-13(19)9-14(15)20/h3-4,9,12H,5-8,10-11H2,1-2H3,(H,21,26). The van der Waals surface area contributed by atoms with Crippen LogP contribution in [0.3, 0.4) is 0 Å². The number of morpholine rings is 1. The number of carbonyl (C=O) groups is 1. The molecule has 1 aliphatic heterocycles. The third kappa shape index (κ3) is 5.62. The molecular formula is C18H23BrClN5O2S. The first-order valence-corrected chi connectivity index (χ1v) is 11.2. The minimum Gasteiger partial charge on any atom is -0.378 e. The summed E-state index contributed by atoms with van der Waals surface area (Å²) < 4.78 is 8.39. The number of carbonyl (C=O) groups excluding carboxylic acids is 1. The van der Waals surface area contributed by atoms with E-state index in [4.69, 9.17) is 16.3 Å². The fourth-order valence-corrected chi connectivity index (χ4v) is 4.28. The molecule has 1 aliphatic rings. The Morgan fingerprint density at radius 1 is 1.36 bits per heavy atom. The maximum atomic E-state index is 12.4. The normalized spacial score (nSPS) is 14.5. The molecule has 10 heteroatoms. The number of anilines is 2. The molecule has 0 saturated carbocycles. The summed E-state index contributed by atoms with van der Waals surface area (Å²) >= 11 is 10.9. The monoisotopic (exact) mass is 487 g/mol. The van der Waals surface area contributed by atoms with Gasteiger partial charge in [-0.05, 0) is 24.1 Å². The van der Waals surface area contributed by atoms with Crippen molar-refractivity contribution in [1.29, 1.82) is 0 Å². The summed E-state index contributed by atoms with van der Waals surface area (Å²) in [5, 5.41) is 12.8. The Hall–Kier alpha value is -1.29. The van der Waals surface area contributed by atoms with Gasteiger partial charge in [-0.25, -0.2) is 0 Å². The Morgan fingerprint density at radius 3 is 2.79 bits per heavy atom. The van der Waals surface area contributed by atoms with Crippen molar-refractivity contribution in [3.8, 4) is 0 Å². The van der Waals surface area contributed by atoms with E-state index in [9.17, 15) is 4.79 Å². The van der Waals surface area contributed by atoms with Gasteiger partial charge in [0.05, 0.1) is 29.7 Å². The predicted molar refractivity (Wildman–Crippen MR) is 116 cm³/mol. The van der Waals surface area contributed by atoms with E-state index in [-0.39, 0.29) is 11.7 Å². The van der Waals surface area contributed by atoms with Crippen LogP contribution in [-0.2, 0) is 16.1 Å². The lowest BCUT2D eigenvalue weighted by Gasteiger charge is -2.28. The van der Waals surface area contributed by atoms with Crippen LogP contribution in [0, 0.1) is 5.92 Å². The molecule has 0 aliphatic carbocycles. The van der Waals surface area contributed by atoms with Crippen molar-refractivity contribution in [3.63, 3.8) is 0 Å². The van der Waals surface area contributed by atoms with Crippen LogP contribution < -0.4 is 10.2 Å². The maximum Gasteiger partial charge on any atom is 0.234 e. The molecule has 0 radical (unpaired) electrons. The summed E-state index contributed by atoms with van der Waals surface area (Å²) in [6.07, 6.45) is 0. The molecular weight excluding hydrogens is 466 g/mol. The summed E-state index contributed by atoms with van der Waals surface area (Å²) in [7, 11) is 0. The Balaban J connectivity index is 1.67. The largest absolute Gasteiger partial charge is 0.378 e. The van der Waals surface area contributed by atoms with Crippen LogP contribution >= 0.6 is 39.3 Å². The Kier molecular flexibility index (Phi) is 7.62. The van der Waals surface area contributed by atoms with Crippen molar-refractivity contribution in [2.45, 2.75) is 25.5 Å². The summed E-state index contributed by atoms with van der Waals surface area (Å²) in [5.74, 6) is 1.37. The first-order chi connectivity index (χ1) is 13.4. The molecule has 0 bridgehead atoms. The molecule has 0 unspecified atom stereocenters. The van der Waals surface area contributed by atoms with Gasteiger partial charge in [0.2, 0.25) is 11.9 Å². The number of rotatable bonds is 7. The molecule has 1 aromatic heterocycles. The van der Waals surface area contributed by atoms with E-state index in [1.54, 1.807) is 12.1 Å². The molecule has 28 heavy (non-hydrogen) atoms. The molecule has 0 spiro atoms. The van der Waals surface area contributed by atoms with Crippen molar-refractivity contribution >= 4 is 56.8 Å². The van der Waals surface area contributed by atoms with E-state index in [1.165, 1.54) is 11.8 Å². The van der Waals surface area contributed by atoms with Gasteiger partial charge in [-0.15, -0.1) is 10.2 Å². The molecule has 1 saturated heterocycles. The summed E-state index contributed by atoms with van der Waals surface area (Å²) in [6.45, 7) is 8.06. The van der Waals surface area contributed by atoms with Crippen molar-refractivity contribution in [3.05, 3.63) is 27.7 Å². The highest BCUT2D eigenvalue weighted by Crippen LogP contribution is 2.27. The highest BCUT2D eigenvalue weighted by molar-refractivity contribution is 9.10. The lowest BCUT2D eigenvalue weighted by atomic mass is 10.2. The molecule has 1 fully saturated rings. The van der Waals surface area contributed by atoms with Crippen molar-refractivity contribution in [2.24, 2.45) is 5.92 Å². The number of nitrogens with zero attached hydrogens (tertiary/aromatic N) is 4. The van der Waals surface area contributed by atoms with Gasteiger partial charge >= 0.3 is 0 Å². The summed E-state index contributed by atoms with van der Waals surface area (Å²) in [5.41, 5.74) is 0.591. The average Bonchev–Trinajstić information content (AvgIpc) is 3.05. The van der Waals surface area contributed by atoms with Gasteiger partial charge in [-0.2, -0.15) is 0 Å². The molecule has 152 valence electrons. The summed E-state index contributed by atoms with van der Waals surface area (Å²) in [6, 6.07) is 5.35. The van der Waals surface area contributed by atoms with Crippen LogP contribution in [0.2, 0.25) is 5.02 Å². The van der Waals surface area contributed by atoms with E-state index >= 15 is 0 Å². The highest BCUT2D eigenvalue weighted by atomic mass is 79.9. The zero-order valence-corrected chi connectivity index (χ0v) is 19.0. The molecule has 3 rings (SSSR count). The Morgan fingerprint density at radius 2 is 2.11 bits per heavy atom. The number of amides is 1. The van der Waals surface area contributed by atoms with Crippen molar-refractivity contribution in [2.75, 3.05) is 42.3 Å². The summed E-state index contributed by atoms with van der Waals surface area (Å²) in [4.78, 5) is 14.6. The lowest BCUT2D eigenvalue weighted by Crippen LogP contribution is -2.38. The van der Waals surface area contributed by atoms with Gasteiger partial charge in [-0.3, -0.25) is 9.36 Å². The first kappa shape index (κ1) is 21.4. The van der Waals surface area contributed by atoms with Crippen LogP contribution in [0.25, 0.3) is 0 Å². The lowest BCUT2D eigenvalue weighted by molar-refractivity contribution is -0.113. The van der Waals surface area contributed by atoms with Gasteiger partial charge in [0, 0.05) is 24.1 Å². The van der Waals surface area contributed by atoms with Gasteiger partial charge in [0.25, 0.3) is 0 Å². The van der Waals surface area contributed by atoms with Crippen LogP contribution in [0.1, 0.15) is 13.8 Å². The molecule has 1 aromatic carbocycles. The highest BCUT2D eigenvalue weighted by Gasteiger charge is 2.21. The number of ether oxygens (including phenoxy) is 1. The quantitative estimate of drug-likeness (QED) is 0.596. The molecule has 1 N–H and O–H groups in total. The minimum atomic E-state index is -0.138. The fourth-order valence-electron chi connectivity index (χ4n) is 2.82. The zero-order chi connectivity index (χ0) is 20.1. The van der Waals surface area contributed by atoms with Crippen LogP contribution in [0.4, 0.5) is 11.6 Å². The number of nitrogens with one attached hydrogen (secondary N) is 1. The van der Waals surface area contributed by atoms with Crippen LogP contribution in [0.5, 0.6) is 0 Å². The molecule has 2 aromatic rings. The number of benzene rings is 1. The van der Waals surface area contributed by atoms with E-state index in [2.05, 4.69) is 54.8 Å². The molecule has 2 heterocycles. The number of hydrogen-bond acceptors (Lipinski definition) is 6.